The van der Waals surface area contributed by atoms with Gasteiger partial charge in [0.1, 0.15) is 0 Å². The third kappa shape index (κ3) is 1.28. The summed E-state index contributed by atoms with van der Waals surface area (Å²) in [6.45, 7) is 0. The first-order valence-electron chi connectivity index (χ1n) is 3.97. The highest BCUT2D eigenvalue weighted by Gasteiger charge is 2.04. The van der Waals surface area contributed by atoms with Crippen LogP contribution in [0.15, 0.2) is 23.1 Å². The van der Waals surface area contributed by atoms with Crippen molar-refractivity contribution >= 4 is 10.9 Å². The molecule has 1 aromatic heterocycles. The van der Waals surface area contributed by atoms with E-state index in [1.807, 2.05) is 0 Å². The van der Waals surface area contributed by atoms with Crippen molar-refractivity contribution in [1.29, 1.82) is 0 Å². The summed E-state index contributed by atoms with van der Waals surface area (Å²) in [6.07, 6.45) is 1.40. The lowest BCUT2D eigenvalue weighted by molar-refractivity contribution is 0.374. The SMILES string of the molecule is COc1cc2[nH]c(=O)ncc2cc1O. The fraction of sp³-hybridized carbons (Fsp3) is 0.111. The van der Waals surface area contributed by atoms with Crippen LogP contribution in [0.25, 0.3) is 10.9 Å². The van der Waals surface area contributed by atoms with Crippen LogP contribution < -0.4 is 10.4 Å². The van der Waals surface area contributed by atoms with Gasteiger partial charge in [0.05, 0.1) is 12.6 Å². The van der Waals surface area contributed by atoms with Crippen LogP contribution in [0.2, 0.25) is 0 Å². The van der Waals surface area contributed by atoms with Crippen molar-refractivity contribution in [3.05, 3.63) is 28.8 Å². The van der Waals surface area contributed by atoms with Gasteiger partial charge in [0, 0.05) is 17.6 Å². The van der Waals surface area contributed by atoms with E-state index in [2.05, 4.69) is 9.97 Å². The first kappa shape index (κ1) is 8.55. The Balaban J connectivity index is 2.80. The first-order valence-corrected chi connectivity index (χ1v) is 3.97. The molecule has 0 amide bonds. The Morgan fingerprint density at radius 2 is 2.29 bits per heavy atom. The number of phenols is 1. The van der Waals surface area contributed by atoms with Crippen molar-refractivity contribution in [1.82, 2.24) is 9.97 Å². The molecule has 72 valence electrons. The van der Waals surface area contributed by atoms with Gasteiger partial charge < -0.3 is 14.8 Å². The lowest BCUT2D eigenvalue weighted by Crippen LogP contribution is -2.08. The Bertz CT molecular complexity index is 533. The van der Waals surface area contributed by atoms with Crippen LogP contribution in [0.4, 0.5) is 0 Å². The maximum absolute atomic E-state index is 10.9. The number of fused-ring (bicyclic) bond motifs is 1. The average molecular weight is 192 g/mol. The number of hydrogen-bond donors (Lipinski definition) is 2. The molecular formula is C9H8N2O3. The number of aromatic hydroxyl groups is 1. The molecule has 2 rings (SSSR count). The smallest absolute Gasteiger partial charge is 0.345 e. The minimum atomic E-state index is -0.426. The maximum atomic E-state index is 10.9. The zero-order valence-corrected chi connectivity index (χ0v) is 7.44. The summed E-state index contributed by atoms with van der Waals surface area (Å²) in [5.41, 5.74) is 0.157. The van der Waals surface area contributed by atoms with Crippen LogP contribution in [0.3, 0.4) is 0 Å². The van der Waals surface area contributed by atoms with Gasteiger partial charge in [-0.05, 0) is 6.07 Å². The van der Waals surface area contributed by atoms with Crippen LogP contribution in [0.1, 0.15) is 0 Å². The molecule has 2 aromatic rings. The van der Waals surface area contributed by atoms with E-state index < -0.39 is 5.69 Å². The lowest BCUT2D eigenvalue weighted by atomic mass is 10.2. The number of benzene rings is 1. The van der Waals surface area contributed by atoms with E-state index in [4.69, 9.17) is 4.74 Å². The number of nitrogens with zero attached hydrogens (tertiary/aromatic N) is 1. The predicted molar refractivity (Wildman–Crippen MR) is 50.6 cm³/mol. The normalized spacial score (nSPS) is 10.4. The summed E-state index contributed by atoms with van der Waals surface area (Å²) in [5.74, 6) is 0.341. The number of rotatable bonds is 1. The molecule has 14 heavy (non-hydrogen) atoms. The molecule has 5 heteroatoms. The van der Waals surface area contributed by atoms with Gasteiger partial charge in [-0.25, -0.2) is 9.78 Å². The molecule has 0 fully saturated rings. The zero-order valence-electron chi connectivity index (χ0n) is 7.44. The van der Waals surface area contributed by atoms with Crippen LogP contribution in [-0.4, -0.2) is 22.2 Å². The lowest BCUT2D eigenvalue weighted by Gasteiger charge is -2.04. The summed E-state index contributed by atoms with van der Waals surface area (Å²) < 4.78 is 4.90. The van der Waals surface area contributed by atoms with Crippen molar-refractivity contribution in [3.8, 4) is 11.5 Å². The van der Waals surface area contributed by atoms with Crippen LogP contribution in [0.5, 0.6) is 11.5 Å². The molecule has 1 aromatic carbocycles. The van der Waals surface area contributed by atoms with E-state index in [9.17, 15) is 9.90 Å². The van der Waals surface area contributed by atoms with E-state index in [1.54, 1.807) is 6.07 Å². The molecule has 0 saturated heterocycles. The van der Waals surface area contributed by atoms with Gasteiger partial charge >= 0.3 is 5.69 Å². The molecule has 0 aliphatic carbocycles. The second-order valence-electron chi connectivity index (χ2n) is 2.80. The van der Waals surface area contributed by atoms with E-state index in [-0.39, 0.29) is 5.75 Å². The fourth-order valence-corrected chi connectivity index (χ4v) is 1.24. The van der Waals surface area contributed by atoms with Gasteiger partial charge in [-0.15, -0.1) is 0 Å². The molecule has 1 heterocycles. The minimum Gasteiger partial charge on any atom is -0.504 e. The quantitative estimate of drug-likeness (QED) is 0.695. The molecule has 0 unspecified atom stereocenters. The molecule has 5 nitrogen and oxygen atoms in total. The Morgan fingerprint density at radius 3 is 3.00 bits per heavy atom. The summed E-state index contributed by atoms with van der Waals surface area (Å²) in [7, 11) is 1.44. The molecule has 0 aliphatic heterocycles. The van der Waals surface area contributed by atoms with Gasteiger partial charge in [-0.2, -0.15) is 0 Å². The maximum Gasteiger partial charge on any atom is 0.345 e. The molecule has 0 radical (unpaired) electrons. The van der Waals surface area contributed by atoms with Crippen molar-refractivity contribution < 1.29 is 9.84 Å². The number of phenolic OH excluding ortho intramolecular Hbond substituents is 1. The summed E-state index contributed by atoms with van der Waals surface area (Å²) >= 11 is 0. The zero-order chi connectivity index (χ0) is 10.1. The predicted octanol–water partition coefficient (Wildman–Crippen LogP) is 0.637. The molecule has 0 aliphatic rings. The second kappa shape index (κ2) is 3.02. The highest BCUT2D eigenvalue weighted by atomic mass is 16.5. The topological polar surface area (TPSA) is 75.2 Å². The molecule has 0 bridgehead atoms. The van der Waals surface area contributed by atoms with Crippen LogP contribution >= 0.6 is 0 Å². The minimum absolute atomic E-state index is 0.0221. The number of methoxy groups -OCH3 is 1. The Hall–Kier alpha value is -2.04. The Morgan fingerprint density at radius 1 is 1.50 bits per heavy atom. The summed E-state index contributed by atoms with van der Waals surface area (Å²) in [6, 6.07) is 3.03. The number of aromatic nitrogens is 2. The van der Waals surface area contributed by atoms with Gasteiger partial charge in [0.25, 0.3) is 0 Å². The number of hydrogen-bond acceptors (Lipinski definition) is 4. The third-order valence-electron chi connectivity index (χ3n) is 1.91. The van der Waals surface area contributed by atoms with Crippen molar-refractivity contribution in [2.45, 2.75) is 0 Å². The number of aromatic amines is 1. The third-order valence-corrected chi connectivity index (χ3v) is 1.91. The van der Waals surface area contributed by atoms with Gasteiger partial charge in [-0.1, -0.05) is 0 Å². The van der Waals surface area contributed by atoms with Gasteiger partial charge in [0.2, 0.25) is 0 Å². The number of ether oxygens (including phenoxy) is 1. The average Bonchev–Trinajstić information content (AvgIpc) is 2.17. The molecule has 0 spiro atoms. The highest BCUT2D eigenvalue weighted by molar-refractivity contribution is 5.81. The number of H-pyrrole nitrogens is 1. The summed E-state index contributed by atoms with van der Waals surface area (Å²) in [5, 5.41) is 10.1. The van der Waals surface area contributed by atoms with Crippen molar-refractivity contribution in [2.75, 3.05) is 7.11 Å². The highest BCUT2D eigenvalue weighted by Crippen LogP contribution is 2.29. The van der Waals surface area contributed by atoms with E-state index in [0.29, 0.717) is 16.7 Å². The van der Waals surface area contributed by atoms with Crippen LogP contribution in [-0.2, 0) is 0 Å². The van der Waals surface area contributed by atoms with Crippen molar-refractivity contribution in [2.24, 2.45) is 0 Å². The summed E-state index contributed by atoms with van der Waals surface area (Å²) in [4.78, 5) is 17.0. The van der Waals surface area contributed by atoms with Crippen molar-refractivity contribution in [3.63, 3.8) is 0 Å². The first-order chi connectivity index (χ1) is 6.70. The van der Waals surface area contributed by atoms with Crippen LogP contribution in [0, 0.1) is 0 Å². The Labute approximate surface area is 79.0 Å². The second-order valence-corrected chi connectivity index (χ2v) is 2.80. The van der Waals surface area contributed by atoms with E-state index in [1.165, 1.54) is 19.4 Å². The number of nitrogens with one attached hydrogen (secondary N) is 1. The molecule has 0 atom stereocenters. The standard InChI is InChI=1S/C9H8N2O3/c1-14-8-3-6-5(2-7(8)12)4-10-9(13)11-6/h2-4,12H,1H3,(H,10,11,13). The molecule has 0 saturated carbocycles. The molecule has 2 N–H and O–H groups in total. The van der Waals surface area contributed by atoms with E-state index >= 15 is 0 Å². The van der Waals surface area contributed by atoms with Gasteiger partial charge in [0.15, 0.2) is 11.5 Å². The largest absolute Gasteiger partial charge is 0.504 e. The molecular weight excluding hydrogens is 184 g/mol. The monoisotopic (exact) mass is 192 g/mol. The van der Waals surface area contributed by atoms with E-state index in [0.717, 1.165) is 0 Å². The van der Waals surface area contributed by atoms with Gasteiger partial charge in [-0.3, -0.25) is 0 Å². The Kier molecular flexibility index (Phi) is 1.85. The fourth-order valence-electron chi connectivity index (χ4n) is 1.24.